The third kappa shape index (κ3) is 5.91. The van der Waals surface area contributed by atoms with Crippen LogP contribution in [0.1, 0.15) is 25.8 Å². The van der Waals surface area contributed by atoms with Crippen molar-refractivity contribution in [2.75, 3.05) is 19.8 Å². The van der Waals surface area contributed by atoms with E-state index in [1.807, 2.05) is 6.92 Å². The van der Waals surface area contributed by atoms with E-state index in [0.717, 1.165) is 16.5 Å². The van der Waals surface area contributed by atoms with E-state index in [9.17, 15) is 8.42 Å². The molecule has 1 aromatic rings. The highest BCUT2D eigenvalue weighted by Gasteiger charge is 2.13. The summed E-state index contributed by atoms with van der Waals surface area (Å²) in [4.78, 5) is 0.278. The molecule has 20 heavy (non-hydrogen) atoms. The lowest BCUT2D eigenvalue weighted by Gasteiger charge is -2.09. The molecule has 4 nitrogen and oxygen atoms in total. The van der Waals surface area contributed by atoms with Crippen molar-refractivity contribution >= 4 is 26.0 Å². The molecule has 0 saturated heterocycles. The first-order valence-electron chi connectivity index (χ1n) is 6.66. The van der Waals surface area contributed by atoms with Gasteiger partial charge in [-0.25, -0.2) is 13.1 Å². The third-order valence-corrected chi connectivity index (χ3v) is 5.17. The molecule has 0 saturated carbocycles. The molecule has 0 fully saturated rings. The number of aryl methyl sites for hydroxylation is 1. The van der Waals surface area contributed by atoms with Crippen molar-refractivity contribution in [3.8, 4) is 0 Å². The number of benzene rings is 1. The first-order valence-corrected chi connectivity index (χ1v) is 8.94. The molecule has 114 valence electrons. The molecule has 0 aliphatic rings. The Balaban J connectivity index is 2.43. The van der Waals surface area contributed by atoms with Gasteiger partial charge in [0, 0.05) is 17.6 Å². The highest BCUT2D eigenvalue weighted by molar-refractivity contribution is 9.10. The number of halogens is 1. The van der Waals surface area contributed by atoms with Crippen LogP contribution in [0.25, 0.3) is 0 Å². The second-order valence-electron chi connectivity index (χ2n) is 5.10. The van der Waals surface area contributed by atoms with Crippen molar-refractivity contribution in [1.82, 2.24) is 4.72 Å². The molecule has 0 spiro atoms. The van der Waals surface area contributed by atoms with Gasteiger partial charge in [-0.05, 0) is 43.0 Å². The fraction of sp³-hybridized carbons (Fsp3) is 0.571. The average molecular weight is 364 g/mol. The Morgan fingerprint density at radius 2 is 2.00 bits per heavy atom. The van der Waals surface area contributed by atoms with Crippen LogP contribution in [0.5, 0.6) is 0 Å². The normalized spacial score (nSPS) is 12.1. The first-order chi connectivity index (χ1) is 9.33. The largest absolute Gasteiger partial charge is 0.380 e. The van der Waals surface area contributed by atoms with E-state index < -0.39 is 10.0 Å². The predicted molar refractivity (Wildman–Crippen MR) is 84.3 cm³/mol. The summed E-state index contributed by atoms with van der Waals surface area (Å²) in [5.74, 6) is 0.595. The average Bonchev–Trinajstić information content (AvgIpc) is 2.36. The summed E-state index contributed by atoms with van der Waals surface area (Å²) in [6.45, 7) is 7.45. The van der Waals surface area contributed by atoms with Crippen LogP contribution in [-0.4, -0.2) is 28.2 Å². The van der Waals surface area contributed by atoms with Gasteiger partial charge < -0.3 is 4.74 Å². The van der Waals surface area contributed by atoms with Crippen LogP contribution in [0.15, 0.2) is 27.6 Å². The minimum atomic E-state index is -3.45. The Kier molecular flexibility index (Phi) is 7.15. The molecular formula is C14H22BrNO3S. The number of nitrogens with one attached hydrogen (secondary N) is 1. The molecule has 1 rings (SSSR count). The van der Waals surface area contributed by atoms with Crippen LogP contribution < -0.4 is 4.72 Å². The molecule has 0 bridgehead atoms. The van der Waals surface area contributed by atoms with E-state index in [0.29, 0.717) is 19.1 Å². The zero-order valence-corrected chi connectivity index (χ0v) is 14.6. The topological polar surface area (TPSA) is 55.4 Å². The van der Waals surface area contributed by atoms with Gasteiger partial charge in [0.05, 0.1) is 11.5 Å². The molecule has 0 radical (unpaired) electrons. The van der Waals surface area contributed by atoms with Gasteiger partial charge in [0.2, 0.25) is 10.0 Å². The van der Waals surface area contributed by atoms with Gasteiger partial charge in [-0.2, -0.15) is 0 Å². The lowest BCUT2D eigenvalue weighted by Crippen LogP contribution is -2.27. The van der Waals surface area contributed by atoms with Gasteiger partial charge in [-0.3, -0.25) is 0 Å². The summed E-state index contributed by atoms with van der Waals surface area (Å²) in [5, 5.41) is 0. The Morgan fingerprint density at radius 1 is 1.30 bits per heavy atom. The van der Waals surface area contributed by atoms with Crippen LogP contribution in [0.3, 0.4) is 0 Å². The number of ether oxygens (including phenoxy) is 1. The Bertz CT molecular complexity index is 529. The molecule has 1 aromatic carbocycles. The van der Waals surface area contributed by atoms with E-state index in [1.54, 1.807) is 18.2 Å². The molecule has 1 N–H and O–H groups in total. The van der Waals surface area contributed by atoms with Crippen molar-refractivity contribution in [3.63, 3.8) is 0 Å². The summed E-state index contributed by atoms with van der Waals surface area (Å²) in [7, 11) is -3.45. The Hall–Kier alpha value is -0.430. The van der Waals surface area contributed by atoms with E-state index in [-0.39, 0.29) is 11.4 Å². The smallest absolute Gasteiger partial charge is 0.240 e. The zero-order valence-electron chi connectivity index (χ0n) is 12.1. The fourth-order valence-electron chi connectivity index (χ4n) is 1.54. The van der Waals surface area contributed by atoms with Crippen molar-refractivity contribution in [2.24, 2.45) is 5.92 Å². The molecule has 0 atom stereocenters. The van der Waals surface area contributed by atoms with E-state index in [1.165, 1.54) is 0 Å². The fourth-order valence-corrected chi connectivity index (χ4v) is 2.88. The molecule has 0 aliphatic carbocycles. The van der Waals surface area contributed by atoms with Crippen LogP contribution in [-0.2, 0) is 14.8 Å². The maximum atomic E-state index is 12.1. The summed E-state index contributed by atoms with van der Waals surface area (Å²) in [5.41, 5.74) is 0.890. The van der Waals surface area contributed by atoms with Gasteiger partial charge >= 0.3 is 0 Å². The quantitative estimate of drug-likeness (QED) is 0.722. The molecule has 0 aromatic heterocycles. The zero-order chi connectivity index (χ0) is 15.2. The second kappa shape index (κ2) is 8.12. The Morgan fingerprint density at radius 3 is 2.60 bits per heavy atom. The maximum absolute atomic E-state index is 12.1. The van der Waals surface area contributed by atoms with Gasteiger partial charge in [0.1, 0.15) is 0 Å². The monoisotopic (exact) mass is 363 g/mol. The van der Waals surface area contributed by atoms with Crippen LogP contribution in [0, 0.1) is 12.8 Å². The summed E-state index contributed by atoms with van der Waals surface area (Å²) < 4.78 is 32.9. The SMILES string of the molecule is Cc1cc(S(=O)(=O)NCCOCCC(C)C)ccc1Br. The van der Waals surface area contributed by atoms with Gasteiger partial charge in [-0.1, -0.05) is 29.8 Å². The third-order valence-electron chi connectivity index (χ3n) is 2.82. The van der Waals surface area contributed by atoms with Crippen molar-refractivity contribution < 1.29 is 13.2 Å². The van der Waals surface area contributed by atoms with Gasteiger partial charge in [-0.15, -0.1) is 0 Å². The highest BCUT2D eigenvalue weighted by Crippen LogP contribution is 2.19. The number of hydrogen-bond donors (Lipinski definition) is 1. The summed E-state index contributed by atoms with van der Waals surface area (Å²) in [6, 6.07) is 4.97. The standard InChI is InChI=1S/C14H22BrNO3S/c1-11(2)6-8-19-9-7-16-20(17,18)13-4-5-14(15)12(3)10-13/h4-5,10-11,16H,6-9H2,1-3H3. The van der Waals surface area contributed by atoms with E-state index in [2.05, 4.69) is 34.5 Å². The minimum Gasteiger partial charge on any atom is -0.380 e. The molecule has 0 amide bonds. The van der Waals surface area contributed by atoms with Gasteiger partial charge in [0.25, 0.3) is 0 Å². The minimum absolute atomic E-state index is 0.278. The second-order valence-corrected chi connectivity index (χ2v) is 7.72. The number of hydrogen-bond acceptors (Lipinski definition) is 3. The Labute approximate surface area is 130 Å². The summed E-state index contributed by atoms with van der Waals surface area (Å²) in [6.07, 6.45) is 0.985. The van der Waals surface area contributed by atoms with Crippen molar-refractivity contribution in [2.45, 2.75) is 32.1 Å². The molecular weight excluding hydrogens is 342 g/mol. The maximum Gasteiger partial charge on any atom is 0.240 e. The summed E-state index contributed by atoms with van der Waals surface area (Å²) >= 11 is 3.35. The lowest BCUT2D eigenvalue weighted by molar-refractivity contribution is 0.128. The van der Waals surface area contributed by atoms with E-state index in [4.69, 9.17) is 4.74 Å². The van der Waals surface area contributed by atoms with Gasteiger partial charge in [0.15, 0.2) is 0 Å². The van der Waals surface area contributed by atoms with Crippen LogP contribution >= 0.6 is 15.9 Å². The lowest BCUT2D eigenvalue weighted by atomic mass is 10.1. The van der Waals surface area contributed by atoms with Crippen molar-refractivity contribution in [1.29, 1.82) is 0 Å². The van der Waals surface area contributed by atoms with Crippen molar-refractivity contribution in [3.05, 3.63) is 28.2 Å². The predicted octanol–water partition coefficient (Wildman–Crippen LogP) is 3.10. The van der Waals surface area contributed by atoms with Crippen LogP contribution in [0.2, 0.25) is 0 Å². The molecule has 0 unspecified atom stereocenters. The number of sulfonamides is 1. The molecule has 6 heteroatoms. The molecule has 0 heterocycles. The first kappa shape index (κ1) is 17.6. The van der Waals surface area contributed by atoms with Crippen LogP contribution in [0.4, 0.5) is 0 Å². The molecule has 0 aliphatic heterocycles. The highest BCUT2D eigenvalue weighted by atomic mass is 79.9. The van der Waals surface area contributed by atoms with E-state index >= 15 is 0 Å². The number of rotatable bonds is 8.